The van der Waals surface area contributed by atoms with E-state index in [0.717, 1.165) is 17.7 Å². The Bertz CT molecular complexity index is 1330. The van der Waals surface area contributed by atoms with E-state index >= 15 is 0 Å². The van der Waals surface area contributed by atoms with Crippen molar-refractivity contribution in [2.45, 2.75) is 24.5 Å². The third-order valence-electron chi connectivity index (χ3n) is 7.15. The molecule has 0 spiro atoms. The summed E-state index contributed by atoms with van der Waals surface area (Å²) in [6, 6.07) is 16.2. The lowest BCUT2D eigenvalue weighted by atomic mass is 9.77. The van der Waals surface area contributed by atoms with Gasteiger partial charge in [0.25, 0.3) is 5.91 Å². The third-order valence-corrected chi connectivity index (χ3v) is 7.15. The molecule has 2 aliphatic heterocycles. The van der Waals surface area contributed by atoms with Gasteiger partial charge in [-0.1, -0.05) is 60.7 Å². The molecule has 1 fully saturated rings. The normalized spacial score (nSPS) is 22.4. The summed E-state index contributed by atoms with van der Waals surface area (Å²) in [5, 5.41) is 3.08. The zero-order valence-corrected chi connectivity index (χ0v) is 21.9. The minimum absolute atomic E-state index is 0.163. The first kappa shape index (κ1) is 26.3. The van der Waals surface area contributed by atoms with Crippen LogP contribution in [0, 0.1) is 0 Å². The monoisotopic (exact) mass is 527 g/mol. The van der Waals surface area contributed by atoms with Crippen LogP contribution in [-0.4, -0.2) is 62.3 Å². The Morgan fingerprint density at radius 1 is 1.15 bits per heavy atom. The Hall–Kier alpha value is -4.30. The maximum atomic E-state index is 14.0. The van der Waals surface area contributed by atoms with Gasteiger partial charge in [-0.3, -0.25) is 9.59 Å². The van der Waals surface area contributed by atoms with Crippen LogP contribution < -0.4 is 11.1 Å². The summed E-state index contributed by atoms with van der Waals surface area (Å²) < 4.78 is 17.4. The van der Waals surface area contributed by atoms with Crippen LogP contribution in [0.2, 0.25) is 0 Å². The standard InChI is InChI=1S/C31H33N3O5/c1-37-17-16-34-29(25(18-32)21-10-4-2-5-11-21)28(23-12-8-9-13-24(23)31(34)36)30(35)33-19-22-20-38-26-14-6-3-7-15-27(26)39-22/h2-5,7-15,18,22,28-29H,6,16-17,19-20,32H2,1H3,(H,33,35)/b25-18+. The Kier molecular flexibility index (Phi) is 8.13. The number of hydrogen-bond acceptors (Lipinski definition) is 6. The van der Waals surface area contributed by atoms with Crippen molar-refractivity contribution in [3.8, 4) is 0 Å². The van der Waals surface area contributed by atoms with E-state index in [9.17, 15) is 9.59 Å². The Labute approximate surface area is 228 Å². The molecule has 0 radical (unpaired) electrons. The van der Waals surface area contributed by atoms with E-state index < -0.39 is 12.0 Å². The zero-order valence-electron chi connectivity index (χ0n) is 21.9. The number of benzene rings is 2. The van der Waals surface area contributed by atoms with E-state index in [1.54, 1.807) is 18.1 Å². The molecular weight excluding hydrogens is 494 g/mol. The van der Waals surface area contributed by atoms with Crippen LogP contribution in [0.1, 0.15) is 33.8 Å². The van der Waals surface area contributed by atoms with Gasteiger partial charge in [-0.15, -0.1) is 0 Å². The van der Waals surface area contributed by atoms with Crippen LogP contribution in [-0.2, 0) is 19.0 Å². The van der Waals surface area contributed by atoms with Crippen molar-refractivity contribution >= 4 is 17.4 Å². The van der Waals surface area contributed by atoms with Crippen molar-refractivity contribution in [1.82, 2.24) is 10.2 Å². The van der Waals surface area contributed by atoms with E-state index in [1.807, 2.05) is 72.8 Å². The topological polar surface area (TPSA) is 103 Å². The Balaban J connectivity index is 1.46. The van der Waals surface area contributed by atoms with Gasteiger partial charge in [0.05, 0.1) is 25.1 Å². The number of amides is 2. The van der Waals surface area contributed by atoms with Crippen molar-refractivity contribution < 1.29 is 23.8 Å². The van der Waals surface area contributed by atoms with Gasteiger partial charge in [0.15, 0.2) is 11.5 Å². The highest BCUT2D eigenvalue weighted by Gasteiger charge is 2.45. The van der Waals surface area contributed by atoms with Crippen molar-refractivity contribution in [2.75, 3.05) is 33.4 Å². The number of methoxy groups -OCH3 is 1. The molecule has 2 amide bonds. The van der Waals surface area contributed by atoms with Gasteiger partial charge in [0.1, 0.15) is 12.7 Å². The highest BCUT2D eigenvalue weighted by molar-refractivity contribution is 6.03. The number of carbonyl (C=O) groups is 2. The number of rotatable bonds is 8. The van der Waals surface area contributed by atoms with Crippen molar-refractivity contribution in [1.29, 1.82) is 0 Å². The largest absolute Gasteiger partial charge is 0.486 e. The molecule has 2 aromatic carbocycles. The van der Waals surface area contributed by atoms with Gasteiger partial charge in [0.2, 0.25) is 5.91 Å². The molecule has 3 N–H and O–H groups in total. The van der Waals surface area contributed by atoms with E-state index in [2.05, 4.69) is 5.32 Å². The van der Waals surface area contributed by atoms with Crippen LogP contribution >= 0.6 is 0 Å². The van der Waals surface area contributed by atoms with Crippen LogP contribution in [0.25, 0.3) is 5.57 Å². The molecule has 1 saturated heterocycles. The first-order valence-corrected chi connectivity index (χ1v) is 13.1. The zero-order chi connectivity index (χ0) is 27.2. The van der Waals surface area contributed by atoms with Crippen molar-refractivity contribution in [3.63, 3.8) is 0 Å². The maximum Gasteiger partial charge on any atom is 0.254 e. The van der Waals surface area contributed by atoms with Crippen LogP contribution in [0.4, 0.5) is 0 Å². The second-order valence-corrected chi connectivity index (χ2v) is 9.55. The number of nitrogens with two attached hydrogens (primary N) is 1. The van der Waals surface area contributed by atoms with E-state index in [0.29, 0.717) is 42.2 Å². The highest BCUT2D eigenvalue weighted by atomic mass is 16.6. The summed E-state index contributed by atoms with van der Waals surface area (Å²) in [5.41, 5.74) is 8.90. The molecule has 3 atom stereocenters. The number of nitrogens with one attached hydrogen (secondary N) is 1. The molecule has 1 aliphatic carbocycles. The Morgan fingerprint density at radius 3 is 2.74 bits per heavy atom. The average Bonchev–Trinajstić information content (AvgIpc) is 3.22. The second-order valence-electron chi connectivity index (χ2n) is 9.55. The third kappa shape index (κ3) is 5.47. The van der Waals surface area contributed by atoms with Gasteiger partial charge in [-0.2, -0.15) is 0 Å². The summed E-state index contributed by atoms with van der Waals surface area (Å²) in [4.78, 5) is 29.5. The van der Waals surface area contributed by atoms with Gasteiger partial charge in [0, 0.05) is 19.2 Å². The fourth-order valence-electron chi connectivity index (χ4n) is 5.29. The molecule has 3 aliphatic rings. The molecule has 0 aromatic heterocycles. The molecule has 39 heavy (non-hydrogen) atoms. The minimum atomic E-state index is -0.703. The SMILES string of the molecule is COCCN1C(=O)c2ccccc2C(C(=O)NCC2COC3=CCC=CC=C3O2)C1/C(=C/N)c1ccccc1. The van der Waals surface area contributed by atoms with Gasteiger partial charge in [-0.25, -0.2) is 0 Å². The number of ether oxygens (including phenoxy) is 3. The Morgan fingerprint density at radius 2 is 1.95 bits per heavy atom. The number of carbonyl (C=O) groups excluding carboxylic acids is 2. The molecule has 0 saturated carbocycles. The summed E-state index contributed by atoms with van der Waals surface area (Å²) >= 11 is 0. The summed E-state index contributed by atoms with van der Waals surface area (Å²) in [6.07, 6.45) is 9.72. The van der Waals surface area contributed by atoms with Gasteiger partial charge < -0.3 is 30.2 Å². The fraction of sp³-hybridized carbons (Fsp3) is 0.290. The molecule has 3 unspecified atom stereocenters. The lowest BCUT2D eigenvalue weighted by Gasteiger charge is -2.43. The summed E-state index contributed by atoms with van der Waals surface area (Å²) in [5.74, 6) is 0.285. The predicted molar refractivity (Wildman–Crippen MR) is 148 cm³/mol. The quantitative estimate of drug-likeness (QED) is 0.545. The number of allylic oxidation sites excluding steroid dienone is 4. The smallest absolute Gasteiger partial charge is 0.254 e. The van der Waals surface area contributed by atoms with Crippen LogP contribution in [0.15, 0.2) is 96.6 Å². The van der Waals surface area contributed by atoms with E-state index in [4.69, 9.17) is 19.9 Å². The fourth-order valence-corrected chi connectivity index (χ4v) is 5.29. The summed E-state index contributed by atoms with van der Waals surface area (Å²) in [6.45, 7) is 1.19. The lowest BCUT2D eigenvalue weighted by Crippen LogP contribution is -2.54. The predicted octanol–water partition coefficient (Wildman–Crippen LogP) is 3.50. The molecular formula is C31H33N3O5. The molecule has 202 valence electrons. The molecule has 2 aromatic rings. The first-order chi connectivity index (χ1) is 19.1. The van der Waals surface area contributed by atoms with Crippen molar-refractivity contribution in [2.24, 2.45) is 5.73 Å². The van der Waals surface area contributed by atoms with Crippen LogP contribution in [0.3, 0.4) is 0 Å². The van der Waals surface area contributed by atoms with Gasteiger partial charge >= 0.3 is 0 Å². The van der Waals surface area contributed by atoms with E-state index in [1.165, 1.54) is 6.20 Å². The first-order valence-electron chi connectivity index (χ1n) is 13.1. The lowest BCUT2D eigenvalue weighted by molar-refractivity contribution is -0.124. The molecule has 8 heteroatoms. The number of fused-ring (bicyclic) bond motifs is 2. The average molecular weight is 528 g/mol. The van der Waals surface area contributed by atoms with Crippen LogP contribution in [0.5, 0.6) is 0 Å². The van der Waals surface area contributed by atoms with E-state index in [-0.39, 0.29) is 24.5 Å². The molecule has 0 bridgehead atoms. The maximum absolute atomic E-state index is 14.0. The number of hydrogen-bond donors (Lipinski definition) is 2. The second kappa shape index (κ2) is 12.0. The molecule has 8 nitrogen and oxygen atoms in total. The van der Waals surface area contributed by atoms with Crippen molar-refractivity contribution in [3.05, 3.63) is 113 Å². The highest BCUT2D eigenvalue weighted by Crippen LogP contribution is 2.40. The summed E-state index contributed by atoms with van der Waals surface area (Å²) in [7, 11) is 1.59. The molecule has 2 heterocycles. The molecule has 5 rings (SSSR count). The van der Waals surface area contributed by atoms with Gasteiger partial charge in [-0.05, 0) is 47.5 Å². The minimum Gasteiger partial charge on any atom is -0.486 e. The number of nitrogens with zero attached hydrogens (tertiary/aromatic N) is 1.